The van der Waals surface area contributed by atoms with E-state index in [0.29, 0.717) is 0 Å². The van der Waals surface area contributed by atoms with Crippen LogP contribution in [-0.4, -0.2) is 13.1 Å². The van der Waals surface area contributed by atoms with Gasteiger partial charge in [-0.15, -0.1) is 0 Å². The molecule has 0 spiro atoms. The monoisotopic (exact) mass is 123 g/mol. The second-order valence-electron chi connectivity index (χ2n) is 2.24. The summed E-state index contributed by atoms with van der Waals surface area (Å²) in [5, 5.41) is 3.28. The molecule has 50 valence electrons. The van der Waals surface area contributed by atoms with Crippen LogP contribution in [0.5, 0.6) is 0 Å². The Hall–Kier alpha value is -0.560. The summed E-state index contributed by atoms with van der Waals surface area (Å²) in [7, 11) is 0. The Morgan fingerprint density at radius 1 is 1.67 bits per heavy atom. The Morgan fingerprint density at radius 2 is 2.56 bits per heavy atom. The molecule has 1 N–H and O–H groups in total. The molecule has 0 aromatic rings. The van der Waals surface area contributed by atoms with E-state index in [-0.39, 0.29) is 0 Å². The lowest BCUT2D eigenvalue weighted by Gasteiger charge is -1.99. The number of rotatable bonds is 3. The van der Waals surface area contributed by atoms with Crippen LogP contribution in [0.25, 0.3) is 0 Å². The Balaban J connectivity index is 2.14. The van der Waals surface area contributed by atoms with Gasteiger partial charge in [-0.1, -0.05) is 30.7 Å². The molecule has 1 nitrogen and oxygen atoms in total. The van der Waals surface area contributed by atoms with Crippen LogP contribution in [0.3, 0.4) is 0 Å². The normalized spacial score (nSPS) is 16.3. The zero-order valence-electron chi connectivity index (χ0n) is 5.85. The topological polar surface area (TPSA) is 12.0 Å². The second kappa shape index (κ2) is 3.46. The highest BCUT2D eigenvalue weighted by molar-refractivity contribution is 5.23. The van der Waals surface area contributed by atoms with Crippen LogP contribution in [0.2, 0.25) is 0 Å². The van der Waals surface area contributed by atoms with Gasteiger partial charge in [0, 0.05) is 6.54 Å². The molecule has 0 aromatic heterocycles. The van der Waals surface area contributed by atoms with Crippen molar-refractivity contribution in [1.82, 2.24) is 5.32 Å². The molecule has 0 aliphatic heterocycles. The molecule has 0 heterocycles. The summed E-state index contributed by atoms with van der Waals surface area (Å²) in [6.45, 7) is 4.25. The van der Waals surface area contributed by atoms with Crippen LogP contribution in [0.1, 0.15) is 13.3 Å². The third kappa shape index (κ3) is 2.02. The van der Waals surface area contributed by atoms with Gasteiger partial charge in [-0.3, -0.25) is 0 Å². The number of hydrogen-bond donors (Lipinski definition) is 1. The van der Waals surface area contributed by atoms with Crippen molar-refractivity contribution in [3.05, 3.63) is 23.8 Å². The molecule has 0 bridgehead atoms. The van der Waals surface area contributed by atoms with Crippen molar-refractivity contribution in [1.29, 1.82) is 0 Å². The van der Waals surface area contributed by atoms with Crippen molar-refractivity contribution in [3.8, 4) is 0 Å². The minimum absolute atomic E-state index is 1.06. The molecule has 0 saturated carbocycles. The minimum atomic E-state index is 1.06. The van der Waals surface area contributed by atoms with E-state index in [0.717, 1.165) is 19.5 Å². The third-order valence-corrected chi connectivity index (χ3v) is 1.45. The number of allylic oxidation sites excluding steroid dienone is 3. The van der Waals surface area contributed by atoms with Gasteiger partial charge < -0.3 is 5.32 Å². The van der Waals surface area contributed by atoms with Crippen molar-refractivity contribution in [3.63, 3.8) is 0 Å². The largest absolute Gasteiger partial charge is 0.313 e. The molecule has 0 atom stereocenters. The molecule has 9 heavy (non-hydrogen) atoms. The molecule has 0 unspecified atom stereocenters. The summed E-state index contributed by atoms with van der Waals surface area (Å²) in [6.07, 6.45) is 7.63. The maximum Gasteiger partial charge on any atom is 0.0170 e. The predicted octanol–water partition coefficient (Wildman–Crippen LogP) is 1.48. The fourth-order valence-electron chi connectivity index (χ4n) is 0.908. The quantitative estimate of drug-likeness (QED) is 0.599. The molecular formula is C8H13N. The molecule has 0 radical (unpaired) electrons. The maximum atomic E-state index is 3.28. The van der Waals surface area contributed by atoms with Gasteiger partial charge in [0.15, 0.2) is 0 Å². The number of hydrogen-bond acceptors (Lipinski definition) is 1. The van der Waals surface area contributed by atoms with Crippen LogP contribution in [-0.2, 0) is 0 Å². The second-order valence-corrected chi connectivity index (χ2v) is 2.24. The van der Waals surface area contributed by atoms with Crippen molar-refractivity contribution in [2.45, 2.75) is 13.3 Å². The van der Waals surface area contributed by atoms with E-state index in [1.165, 1.54) is 5.57 Å². The van der Waals surface area contributed by atoms with Crippen LogP contribution in [0.15, 0.2) is 23.8 Å². The van der Waals surface area contributed by atoms with Crippen LogP contribution in [0, 0.1) is 0 Å². The summed E-state index contributed by atoms with van der Waals surface area (Å²) < 4.78 is 0. The first-order valence-corrected chi connectivity index (χ1v) is 3.48. The fourth-order valence-corrected chi connectivity index (χ4v) is 0.908. The summed E-state index contributed by atoms with van der Waals surface area (Å²) >= 11 is 0. The van der Waals surface area contributed by atoms with Crippen molar-refractivity contribution in [2.75, 3.05) is 13.1 Å². The SMILES string of the molecule is CCNCC1=CC=CC1. The van der Waals surface area contributed by atoms with Gasteiger partial charge in [0.25, 0.3) is 0 Å². The fraction of sp³-hybridized carbons (Fsp3) is 0.500. The van der Waals surface area contributed by atoms with Gasteiger partial charge >= 0.3 is 0 Å². The van der Waals surface area contributed by atoms with Crippen LogP contribution in [0.4, 0.5) is 0 Å². The zero-order valence-corrected chi connectivity index (χ0v) is 5.85. The first-order valence-electron chi connectivity index (χ1n) is 3.48. The highest BCUT2D eigenvalue weighted by Crippen LogP contribution is 2.07. The maximum absolute atomic E-state index is 3.28. The van der Waals surface area contributed by atoms with Gasteiger partial charge in [0.1, 0.15) is 0 Å². The average molecular weight is 123 g/mol. The van der Waals surface area contributed by atoms with Crippen molar-refractivity contribution < 1.29 is 0 Å². The third-order valence-electron chi connectivity index (χ3n) is 1.45. The van der Waals surface area contributed by atoms with E-state index in [1.807, 2.05) is 0 Å². The van der Waals surface area contributed by atoms with E-state index in [2.05, 4.69) is 30.5 Å². The highest BCUT2D eigenvalue weighted by Gasteiger charge is 1.95. The van der Waals surface area contributed by atoms with Gasteiger partial charge in [0.05, 0.1) is 0 Å². The van der Waals surface area contributed by atoms with E-state index >= 15 is 0 Å². The lowest BCUT2D eigenvalue weighted by atomic mass is 10.2. The molecule has 0 fully saturated rings. The first kappa shape index (κ1) is 6.56. The predicted molar refractivity (Wildman–Crippen MR) is 40.4 cm³/mol. The van der Waals surface area contributed by atoms with E-state index in [4.69, 9.17) is 0 Å². The van der Waals surface area contributed by atoms with Gasteiger partial charge in [-0.2, -0.15) is 0 Å². The number of nitrogens with one attached hydrogen (secondary N) is 1. The Kier molecular flexibility index (Phi) is 2.52. The van der Waals surface area contributed by atoms with E-state index < -0.39 is 0 Å². The van der Waals surface area contributed by atoms with Crippen molar-refractivity contribution >= 4 is 0 Å². The first-order chi connectivity index (χ1) is 4.43. The molecule has 1 aliphatic rings. The zero-order chi connectivity index (χ0) is 6.53. The lowest BCUT2D eigenvalue weighted by molar-refractivity contribution is 0.769. The standard InChI is InChI=1S/C8H13N/c1-2-9-7-8-5-3-4-6-8/h3-5,9H,2,6-7H2,1H3. The van der Waals surface area contributed by atoms with Gasteiger partial charge in [-0.05, 0) is 13.0 Å². The van der Waals surface area contributed by atoms with E-state index in [1.54, 1.807) is 0 Å². The average Bonchev–Trinajstić information content (AvgIpc) is 2.34. The van der Waals surface area contributed by atoms with Gasteiger partial charge in [0.2, 0.25) is 0 Å². The Bertz CT molecular complexity index is 134. The van der Waals surface area contributed by atoms with Crippen LogP contribution >= 0.6 is 0 Å². The van der Waals surface area contributed by atoms with Crippen LogP contribution < -0.4 is 5.32 Å². The van der Waals surface area contributed by atoms with Gasteiger partial charge in [-0.25, -0.2) is 0 Å². The molecule has 1 rings (SSSR count). The molecular weight excluding hydrogens is 110 g/mol. The summed E-state index contributed by atoms with van der Waals surface area (Å²) in [6, 6.07) is 0. The molecule has 1 heteroatoms. The molecule has 1 aliphatic carbocycles. The van der Waals surface area contributed by atoms with Crippen molar-refractivity contribution in [2.24, 2.45) is 0 Å². The summed E-state index contributed by atoms with van der Waals surface area (Å²) in [4.78, 5) is 0. The molecule has 0 amide bonds. The number of likely N-dealkylation sites (N-methyl/N-ethyl adjacent to an activating group) is 1. The Morgan fingerprint density at radius 3 is 3.11 bits per heavy atom. The highest BCUT2D eigenvalue weighted by atomic mass is 14.8. The Labute approximate surface area is 56.5 Å². The lowest BCUT2D eigenvalue weighted by Crippen LogP contribution is -2.15. The minimum Gasteiger partial charge on any atom is -0.313 e. The van der Waals surface area contributed by atoms with E-state index in [9.17, 15) is 0 Å². The molecule has 0 saturated heterocycles. The smallest absolute Gasteiger partial charge is 0.0170 e. The summed E-state index contributed by atoms with van der Waals surface area (Å²) in [5.74, 6) is 0. The molecule has 0 aromatic carbocycles. The summed E-state index contributed by atoms with van der Waals surface area (Å²) in [5.41, 5.74) is 1.50.